The van der Waals surface area contributed by atoms with E-state index in [0.717, 1.165) is 0 Å². The third-order valence-corrected chi connectivity index (χ3v) is 4.97. The van der Waals surface area contributed by atoms with Crippen LogP contribution < -0.4 is 24.8 Å². The minimum absolute atomic E-state index is 0. The summed E-state index contributed by atoms with van der Waals surface area (Å²) >= 11 is 0. The normalized spacial score (nSPS) is 10.6. The Morgan fingerprint density at radius 3 is 1.10 bits per heavy atom. The number of benzene rings is 2. The van der Waals surface area contributed by atoms with E-state index in [1.165, 1.54) is 32.7 Å². The van der Waals surface area contributed by atoms with Crippen LogP contribution in [0, 0.1) is 0 Å². The maximum Gasteiger partial charge on any atom is 2.00 e. The average molecular weight is 596 g/mol. The molecule has 4 heteroatoms. The zero-order chi connectivity index (χ0) is 18.9. The molecular weight excluding hydrogens is 566 g/mol. The first-order chi connectivity index (χ1) is 12.1. The molecule has 30 heavy (non-hydrogen) atoms. The van der Waals surface area contributed by atoms with Crippen molar-refractivity contribution in [2.75, 3.05) is 0 Å². The second kappa shape index (κ2) is 12.9. The molecule has 0 N–H and O–H groups in total. The molecule has 0 aliphatic rings. The summed E-state index contributed by atoms with van der Waals surface area (Å²) in [6, 6.07) is 26.2. The fraction of sp³-hybridized carbons (Fsp3) is 0.308. The molecule has 0 nitrogen and oxygen atoms in total. The number of hydrogen-bond donors (Lipinski definition) is 0. The Morgan fingerprint density at radius 2 is 0.833 bits per heavy atom. The van der Waals surface area contributed by atoms with Gasteiger partial charge in [0.25, 0.3) is 0 Å². The molecular formula is C26H30Cl2Zr2. The Kier molecular flexibility index (Phi) is 13.8. The second-order valence-electron chi connectivity index (χ2n) is 9.25. The van der Waals surface area contributed by atoms with Gasteiger partial charge in [-0.25, -0.2) is 0 Å². The van der Waals surface area contributed by atoms with Crippen molar-refractivity contribution < 1.29 is 77.2 Å². The Morgan fingerprint density at radius 1 is 0.533 bits per heavy atom. The predicted molar refractivity (Wildman–Crippen MR) is 116 cm³/mol. The smallest absolute Gasteiger partial charge is 1.00 e. The van der Waals surface area contributed by atoms with Crippen LogP contribution >= 0.6 is 0 Å². The molecule has 4 aromatic carbocycles. The van der Waals surface area contributed by atoms with Crippen LogP contribution in [0.25, 0.3) is 21.5 Å². The molecule has 0 saturated heterocycles. The summed E-state index contributed by atoms with van der Waals surface area (Å²) in [6.45, 7) is 13.5. The summed E-state index contributed by atoms with van der Waals surface area (Å²) in [5, 5.41) is 5.42. The summed E-state index contributed by atoms with van der Waals surface area (Å²) in [7, 11) is 0. The molecule has 0 atom stereocenters. The van der Waals surface area contributed by atoms with Crippen molar-refractivity contribution >= 4 is 21.5 Å². The molecule has 156 valence electrons. The molecule has 0 spiro atoms. The Hall–Kier alpha value is 0.00623. The van der Waals surface area contributed by atoms with E-state index in [-0.39, 0.29) is 88.1 Å². The zero-order valence-electron chi connectivity index (χ0n) is 18.7. The van der Waals surface area contributed by atoms with Gasteiger partial charge in [-0.2, -0.15) is 12.1 Å². The van der Waals surface area contributed by atoms with Crippen molar-refractivity contribution in [2.24, 2.45) is 0 Å². The van der Waals surface area contributed by atoms with Crippen molar-refractivity contribution in [1.29, 1.82) is 0 Å². The predicted octanol–water partition coefficient (Wildman–Crippen LogP) is 1.72. The van der Waals surface area contributed by atoms with Crippen LogP contribution in [-0.4, -0.2) is 0 Å². The van der Waals surface area contributed by atoms with Gasteiger partial charge in [0, 0.05) is 0 Å². The van der Waals surface area contributed by atoms with E-state index < -0.39 is 0 Å². The molecule has 0 aromatic heterocycles. The van der Waals surface area contributed by atoms with E-state index in [2.05, 4.69) is 114 Å². The summed E-state index contributed by atoms with van der Waals surface area (Å²) in [4.78, 5) is 0. The van der Waals surface area contributed by atoms with Gasteiger partial charge >= 0.3 is 52.4 Å². The second-order valence-corrected chi connectivity index (χ2v) is 9.25. The average Bonchev–Trinajstić information content (AvgIpc) is 3.19. The summed E-state index contributed by atoms with van der Waals surface area (Å²) < 4.78 is 0. The number of fused-ring (bicyclic) bond motifs is 2. The summed E-state index contributed by atoms with van der Waals surface area (Å²) in [5.41, 5.74) is 3.38. The van der Waals surface area contributed by atoms with Gasteiger partial charge < -0.3 is 24.8 Å². The van der Waals surface area contributed by atoms with Gasteiger partial charge in [-0.3, -0.25) is 0 Å². The molecule has 0 fully saturated rings. The van der Waals surface area contributed by atoms with Crippen LogP contribution in [0.4, 0.5) is 0 Å². The number of halogens is 2. The van der Waals surface area contributed by atoms with Crippen LogP contribution in [0.2, 0.25) is 0 Å². The third-order valence-electron chi connectivity index (χ3n) is 4.97. The van der Waals surface area contributed by atoms with E-state index in [1.54, 1.807) is 0 Å². The van der Waals surface area contributed by atoms with Gasteiger partial charge in [-0.15, -0.1) is 81.2 Å². The Bertz CT molecular complexity index is 865. The van der Waals surface area contributed by atoms with Gasteiger partial charge in [0.2, 0.25) is 0 Å². The molecule has 0 unspecified atom stereocenters. The Labute approximate surface area is 233 Å². The van der Waals surface area contributed by atoms with Crippen molar-refractivity contribution in [3.8, 4) is 0 Å². The molecule has 0 aliphatic carbocycles. The first-order valence-corrected chi connectivity index (χ1v) is 9.46. The monoisotopic (exact) mass is 592 g/mol. The van der Waals surface area contributed by atoms with Gasteiger partial charge in [0.1, 0.15) is 0 Å². The number of rotatable bonds is 0. The zero-order valence-corrected chi connectivity index (χ0v) is 25.1. The Balaban J connectivity index is 0. The molecule has 4 rings (SSSR count). The van der Waals surface area contributed by atoms with Gasteiger partial charge in [0.05, 0.1) is 0 Å². The largest absolute Gasteiger partial charge is 2.00 e. The topological polar surface area (TPSA) is 0 Å². The third kappa shape index (κ3) is 8.17. The summed E-state index contributed by atoms with van der Waals surface area (Å²) in [5.74, 6) is 0. The molecule has 4 aromatic rings. The van der Waals surface area contributed by atoms with E-state index in [0.29, 0.717) is 0 Å². The molecule has 0 aliphatic heterocycles. The fourth-order valence-electron chi connectivity index (χ4n) is 3.17. The molecule has 0 bridgehead atoms. The first-order valence-electron chi connectivity index (χ1n) is 9.46. The minimum atomic E-state index is 0. The van der Waals surface area contributed by atoms with Crippen LogP contribution in [0.1, 0.15) is 52.7 Å². The SMILES string of the molecule is CC(C)(C)c1cc2ccccc2[cH-]1.CC(C)(C)c1cc2ccccc2[cH-]1.[Cl-].[Cl-].[Zr+2].[Zr+2]. The van der Waals surface area contributed by atoms with E-state index >= 15 is 0 Å². The molecule has 0 radical (unpaired) electrons. The van der Waals surface area contributed by atoms with Gasteiger partial charge in [-0.05, 0) is 10.8 Å². The van der Waals surface area contributed by atoms with Crippen LogP contribution in [0.15, 0.2) is 72.8 Å². The van der Waals surface area contributed by atoms with Crippen LogP contribution in [-0.2, 0) is 63.2 Å². The standard InChI is InChI=1S/2C13H15.2ClH.2Zr/c2*1-13(2,3)12-8-10-6-4-5-7-11(10)9-12;;;;/h2*4-9H,1-3H3;2*1H;;/q2*-1;;;2*+2/p-2. The maximum absolute atomic E-state index is 2.29. The first kappa shape index (κ1) is 32.2. The van der Waals surface area contributed by atoms with Gasteiger partial charge in [-0.1, -0.05) is 53.7 Å². The van der Waals surface area contributed by atoms with Crippen LogP contribution in [0.3, 0.4) is 0 Å². The van der Waals surface area contributed by atoms with Crippen molar-refractivity contribution in [1.82, 2.24) is 0 Å². The van der Waals surface area contributed by atoms with Crippen molar-refractivity contribution in [3.63, 3.8) is 0 Å². The molecule has 0 saturated carbocycles. The molecule has 0 amide bonds. The number of hydrogen-bond acceptors (Lipinski definition) is 0. The molecule has 0 heterocycles. The van der Waals surface area contributed by atoms with Crippen LogP contribution in [0.5, 0.6) is 0 Å². The van der Waals surface area contributed by atoms with E-state index in [1.807, 2.05) is 0 Å². The van der Waals surface area contributed by atoms with Crippen molar-refractivity contribution in [2.45, 2.75) is 52.4 Å². The minimum Gasteiger partial charge on any atom is -1.00 e. The fourth-order valence-corrected chi connectivity index (χ4v) is 3.17. The van der Waals surface area contributed by atoms with E-state index in [9.17, 15) is 0 Å². The quantitative estimate of drug-likeness (QED) is 0.272. The van der Waals surface area contributed by atoms with Gasteiger partial charge in [0.15, 0.2) is 0 Å². The van der Waals surface area contributed by atoms with Crippen molar-refractivity contribution in [3.05, 3.63) is 83.9 Å². The van der Waals surface area contributed by atoms with E-state index in [4.69, 9.17) is 0 Å². The summed E-state index contributed by atoms with van der Waals surface area (Å²) in [6.07, 6.45) is 0. The maximum atomic E-state index is 2.29.